The van der Waals surface area contributed by atoms with Gasteiger partial charge in [0, 0.05) is 12.7 Å². The quantitative estimate of drug-likeness (QED) is 0.783. The Morgan fingerprint density at radius 1 is 1.71 bits per heavy atom. The van der Waals surface area contributed by atoms with Crippen LogP contribution in [0.25, 0.3) is 0 Å². The van der Waals surface area contributed by atoms with Crippen LogP contribution in [-0.2, 0) is 11.3 Å². The van der Waals surface area contributed by atoms with Crippen LogP contribution < -0.4 is 5.32 Å². The van der Waals surface area contributed by atoms with E-state index in [4.69, 9.17) is 11.6 Å². The highest BCUT2D eigenvalue weighted by molar-refractivity contribution is 6.30. The molecule has 0 radical (unpaired) electrons. The lowest BCUT2D eigenvalue weighted by Gasteiger charge is -2.27. The molecule has 0 saturated heterocycles. The van der Waals surface area contributed by atoms with Crippen LogP contribution in [0, 0.1) is 0 Å². The van der Waals surface area contributed by atoms with Crippen molar-refractivity contribution in [2.45, 2.75) is 38.3 Å². The molecule has 1 aromatic rings. The van der Waals surface area contributed by atoms with E-state index in [-0.39, 0.29) is 0 Å². The summed E-state index contributed by atoms with van der Waals surface area (Å²) in [5.74, 6) is -0.805. The second-order valence-corrected chi connectivity index (χ2v) is 4.45. The molecule has 2 N–H and O–H groups in total. The van der Waals surface area contributed by atoms with Gasteiger partial charge in [-0.15, -0.1) is 0 Å². The normalized spacial score (nSPS) is 14.5. The minimum absolute atomic E-state index is 0.554. The van der Waals surface area contributed by atoms with E-state index in [1.807, 2.05) is 6.92 Å². The number of carboxylic acids is 1. The van der Waals surface area contributed by atoms with Crippen molar-refractivity contribution < 1.29 is 9.90 Å². The molecular weight excluding hydrogens is 242 g/mol. The first-order valence-electron chi connectivity index (χ1n) is 5.64. The van der Waals surface area contributed by atoms with Gasteiger partial charge in [0.1, 0.15) is 5.54 Å². The topological polar surface area (TPSA) is 67.2 Å². The van der Waals surface area contributed by atoms with Crippen LogP contribution in [0.4, 0.5) is 0 Å². The summed E-state index contributed by atoms with van der Waals surface area (Å²) in [6.07, 6.45) is 5.16. The summed E-state index contributed by atoms with van der Waals surface area (Å²) in [6.45, 7) is 2.54. The van der Waals surface area contributed by atoms with Crippen molar-refractivity contribution in [2.24, 2.45) is 0 Å². The van der Waals surface area contributed by atoms with E-state index in [0.29, 0.717) is 24.4 Å². The SMILES string of the molecule is CCC(CCCn1cc(Cl)cn1)(NC)C(=O)O. The van der Waals surface area contributed by atoms with Crippen molar-refractivity contribution in [3.05, 3.63) is 17.4 Å². The predicted molar refractivity (Wildman–Crippen MR) is 66.2 cm³/mol. The second kappa shape index (κ2) is 6.02. The number of aliphatic carboxylic acids is 1. The molecule has 0 amide bonds. The molecule has 0 spiro atoms. The maximum atomic E-state index is 11.2. The standard InChI is InChI=1S/C11H18ClN3O2/c1-3-11(13-2,10(16)17)5-4-6-15-8-9(12)7-14-15/h7-8,13H,3-6H2,1-2H3,(H,16,17). The molecular formula is C11H18ClN3O2. The lowest BCUT2D eigenvalue weighted by atomic mass is 9.90. The van der Waals surface area contributed by atoms with Crippen LogP contribution in [-0.4, -0.2) is 33.4 Å². The van der Waals surface area contributed by atoms with Gasteiger partial charge in [-0.05, 0) is 26.3 Å². The van der Waals surface area contributed by atoms with E-state index >= 15 is 0 Å². The number of aromatic nitrogens is 2. The summed E-state index contributed by atoms with van der Waals surface area (Å²) >= 11 is 5.74. The fourth-order valence-corrected chi connectivity index (χ4v) is 2.00. The zero-order valence-electron chi connectivity index (χ0n) is 10.1. The Hall–Kier alpha value is -1.07. The van der Waals surface area contributed by atoms with Crippen LogP contribution in [0.1, 0.15) is 26.2 Å². The third kappa shape index (κ3) is 3.44. The molecule has 5 nitrogen and oxygen atoms in total. The summed E-state index contributed by atoms with van der Waals surface area (Å²) in [5, 5.41) is 16.8. The van der Waals surface area contributed by atoms with Crippen molar-refractivity contribution in [3.63, 3.8) is 0 Å². The van der Waals surface area contributed by atoms with Crippen LogP contribution in [0.3, 0.4) is 0 Å². The zero-order chi connectivity index (χ0) is 12.9. The Bertz CT molecular complexity index is 375. The van der Waals surface area contributed by atoms with Crippen molar-refractivity contribution in [1.29, 1.82) is 0 Å². The highest BCUT2D eigenvalue weighted by Gasteiger charge is 2.34. The zero-order valence-corrected chi connectivity index (χ0v) is 10.9. The van der Waals surface area contributed by atoms with Gasteiger partial charge < -0.3 is 10.4 Å². The van der Waals surface area contributed by atoms with Crippen LogP contribution >= 0.6 is 11.6 Å². The fourth-order valence-electron chi connectivity index (χ4n) is 1.85. The maximum absolute atomic E-state index is 11.2. The largest absolute Gasteiger partial charge is 0.480 e. The van der Waals surface area contributed by atoms with E-state index in [9.17, 15) is 9.90 Å². The third-order valence-corrected chi connectivity index (χ3v) is 3.28. The van der Waals surface area contributed by atoms with Gasteiger partial charge in [-0.2, -0.15) is 5.10 Å². The lowest BCUT2D eigenvalue weighted by molar-refractivity contribution is -0.145. The number of hydrogen-bond acceptors (Lipinski definition) is 3. The molecule has 1 rings (SSSR count). The predicted octanol–water partition coefficient (Wildman–Crippen LogP) is 1.77. The molecule has 17 heavy (non-hydrogen) atoms. The van der Waals surface area contributed by atoms with E-state index in [1.165, 1.54) is 0 Å². The maximum Gasteiger partial charge on any atom is 0.323 e. The molecule has 1 atom stereocenters. The Morgan fingerprint density at radius 2 is 2.41 bits per heavy atom. The monoisotopic (exact) mass is 259 g/mol. The minimum Gasteiger partial charge on any atom is -0.480 e. The average Bonchev–Trinajstić information content (AvgIpc) is 2.70. The first-order valence-corrected chi connectivity index (χ1v) is 6.02. The number of carbonyl (C=O) groups is 1. The van der Waals surface area contributed by atoms with Gasteiger partial charge in [-0.25, -0.2) is 0 Å². The molecule has 0 bridgehead atoms. The Morgan fingerprint density at radius 3 is 2.82 bits per heavy atom. The second-order valence-electron chi connectivity index (χ2n) is 4.02. The van der Waals surface area contributed by atoms with Crippen molar-refractivity contribution in [3.8, 4) is 0 Å². The molecule has 0 fully saturated rings. The number of likely N-dealkylation sites (N-methyl/N-ethyl adjacent to an activating group) is 1. The van der Waals surface area contributed by atoms with Crippen molar-refractivity contribution in [2.75, 3.05) is 7.05 Å². The fraction of sp³-hybridized carbons (Fsp3) is 0.636. The van der Waals surface area contributed by atoms with Crippen molar-refractivity contribution >= 4 is 17.6 Å². The number of carboxylic acid groups (broad SMARTS) is 1. The lowest BCUT2D eigenvalue weighted by Crippen LogP contribution is -2.49. The van der Waals surface area contributed by atoms with Crippen LogP contribution in [0.2, 0.25) is 5.02 Å². The summed E-state index contributed by atoms with van der Waals surface area (Å²) in [6, 6.07) is 0. The van der Waals surface area contributed by atoms with Gasteiger partial charge in [-0.1, -0.05) is 18.5 Å². The highest BCUT2D eigenvalue weighted by atomic mass is 35.5. The molecule has 6 heteroatoms. The van der Waals surface area contributed by atoms with E-state index < -0.39 is 11.5 Å². The average molecular weight is 260 g/mol. The molecule has 0 aliphatic heterocycles. The van der Waals surface area contributed by atoms with Gasteiger partial charge in [0.2, 0.25) is 0 Å². The van der Waals surface area contributed by atoms with Crippen molar-refractivity contribution in [1.82, 2.24) is 15.1 Å². The van der Waals surface area contributed by atoms with Crippen LogP contribution in [0.5, 0.6) is 0 Å². The number of aryl methyl sites for hydroxylation is 1. The molecule has 0 aromatic carbocycles. The summed E-state index contributed by atoms with van der Waals surface area (Å²) < 4.78 is 1.72. The van der Waals surface area contributed by atoms with E-state index in [1.54, 1.807) is 24.1 Å². The van der Waals surface area contributed by atoms with Gasteiger partial charge in [0.15, 0.2) is 0 Å². The molecule has 0 aliphatic rings. The van der Waals surface area contributed by atoms with Gasteiger partial charge in [-0.3, -0.25) is 9.48 Å². The molecule has 0 aliphatic carbocycles. The Kier molecular flexibility index (Phi) is 4.96. The van der Waals surface area contributed by atoms with Gasteiger partial charge in [0.05, 0.1) is 11.2 Å². The smallest absolute Gasteiger partial charge is 0.323 e. The van der Waals surface area contributed by atoms with Gasteiger partial charge in [0.25, 0.3) is 0 Å². The number of nitrogens with zero attached hydrogens (tertiary/aromatic N) is 2. The number of nitrogens with one attached hydrogen (secondary N) is 1. The first-order chi connectivity index (χ1) is 8.04. The summed E-state index contributed by atoms with van der Waals surface area (Å²) in [4.78, 5) is 11.2. The Balaban J connectivity index is 2.50. The van der Waals surface area contributed by atoms with Gasteiger partial charge >= 0.3 is 5.97 Å². The Labute approximate surface area is 106 Å². The van der Waals surface area contributed by atoms with E-state index in [2.05, 4.69) is 10.4 Å². The molecule has 96 valence electrons. The third-order valence-electron chi connectivity index (χ3n) is 3.08. The number of halogens is 1. The number of rotatable bonds is 7. The van der Waals surface area contributed by atoms with Crippen LogP contribution in [0.15, 0.2) is 12.4 Å². The minimum atomic E-state index is -0.836. The highest BCUT2D eigenvalue weighted by Crippen LogP contribution is 2.18. The number of hydrogen-bond donors (Lipinski definition) is 2. The molecule has 1 heterocycles. The summed E-state index contributed by atoms with van der Waals surface area (Å²) in [5.41, 5.74) is -0.836. The molecule has 0 saturated carbocycles. The molecule has 1 aromatic heterocycles. The molecule has 1 unspecified atom stereocenters. The van der Waals surface area contributed by atoms with E-state index in [0.717, 1.165) is 6.42 Å². The first kappa shape index (κ1) is 14.0. The summed E-state index contributed by atoms with van der Waals surface area (Å²) in [7, 11) is 1.68.